The van der Waals surface area contributed by atoms with Crippen molar-refractivity contribution in [1.29, 1.82) is 0 Å². The summed E-state index contributed by atoms with van der Waals surface area (Å²) in [5, 5.41) is 12.9. The molecule has 7 rings (SSSR count). The lowest BCUT2D eigenvalue weighted by Gasteiger charge is -2.25. The van der Waals surface area contributed by atoms with Crippen LogP contribution in [0.5, 0.6) is 11.5 Å². The molecule has 0 saturated heterocycles. The van der Waals surface area contributed by atoms with Gasteiger partial charge in [-0.05, 0) is 78.7 Å². The summed E-state index contributed by atoms with van der Waals surface area (Å²) in [5.74, 6) is 0.206. The number of nitrogens with one attached hydrogen (secondary N) is 4. The lowest BCUT2D eigenvalue weighted by atomic mass is 9.93. The van der Waals surface area contributed by atoms with E-state index in [1.54, 1.807) is 37.1 Å². The molecule has 298 valence electrons. The molecule has 1 atom stereocenters. The number of anilines is 4. The molecule has 0 saturated carbocycles. The molecule has 5 aromatic rings. The zero-order valence-corrected chi connectivity index (χ0v) is 34.0. The Morgan fingerprint density at radius 3 is 2.51 bits per heavy atom. The number of hydrogen-bond acceptors (Lipinski definition) is 9. The van der Waals surface area contributed by atoms with Gasteiger partial charge in [0.15, 0.2) is 11.5 Å². The monoisotopic (exact) mass is 791 g/mol. The summed E-state index contributed by atoms with van der Waals surface area (Å²) < 4.78 is 14.4. The fourth-order valence-electron chi connectivity index (χ4n) is 7.61. The highest BCUT2D eigenvalue weighted by Gasteiger charge is 2.39. The van der Waals surface area contributed by atoms with Crippen molar-refractivity contribution in [2.45, 2.75) is 39.2 Å². The number of nitrogens with zero attached hydrogens (tertiary/aromatic N) is 3. The van der Waals surface area contributed by atoms with Crippen molar-refractivity contribution in [3.63, 3.8) is 0 Å². The van der Waals surface area contributed by atoms with E-state index in [4.69, 9.17) is 9.47 Å². The van der Waals surface area contributed by atoms with Gasteiger partial charge in [0, 0.05) is 68.5 Å². The van der Waals surface area contributed by atoms with E-state index >= 15 is 0 Å². The molecule has 2 aliphatic rings. The number of carbonyl (C=O) groups excluding carboxylic acids is 4. The number of para-hydroxylation sites is 1. The molecule has 0 aliphatic carbocycles. The van der Waals surface area contributed by atoms with Gasteiger partial charge in [-0.25, -0.2) is 0 Å². The summed E-state index contributed by atoms with van der Waals surface area (Å²) in [6, 6.07) is 20.7. The normalized spacial score (nSPS) is 14.8. The standard InChI is InChI=1S/C43H49N7O6S/c1-43(2,24-44-3)25-45-41(53)38-18-27-16-28(13-14-37(27)57-38)47-40(52)34-19-29(22-48(34)4)46-39(51)12-9-15-56-36-21-33-31(20-35(36)55-6)42(54)50-30(23-49(33)5)17-26-10-7-8-11-32(26)50/h7-8,10-11,13-14,16,18-22,30,44H,9,12,15,17,23-25H2,1-6H3,(H,45,53)(H,46,51)(H,47,52)/t30-/m0/s1. The summed E-state index contributed by atoms with van der Waals surface area (Å²) in [6.45, 7) is 6.42. The van der Waals surface area contributed by atoms with E-state index in [1.165, 1.54) is 16.9 Å². The number of ether oxygens (including phenoxy) is 2. The molecule has 4 N–H and O–H groups in total. The van der Waals surface area contributed by atoms with E-state index in [-0.39, 0.29) is 48.1 Å². The van der Waals surface area contributed by atoms with Gasteiger partial charge in [0.05, 0.1) is 41.6 Å². The van der Waals surface area contributed by atoms with E-state index in [0.29, 0.717) is 58.5 Å². The smallest absolute Gasteiger partial charge is 0.272 e. The minimum atomic E-state index is -0.335. The number of methoxy groups -OCH3 is 1. The van der Waals surface area contributed by atoms with Gasteiger partial charge in [0.2, 0.25) is 5.91 Å². The SMILES string of the molecule is CNCC(C)(C)CNC(=O)c1cc2cc(NC(=O)c3cc(NC(=O)CCCOc4cc5c(cc4OC)C(=O)N4c6ccccc6C[C@H]4CN5C)cn3C)ccc2s1. The Labute approximate surface area is 336 Å². The molecule has 14 heteroatoms. The van der Waals surface area contributed by atoms with Crippen LogP contribution in [0.3, 0.4) is 0 Å². The summed E-state index contributed by atoms with van der Waals surface area (Å²) in [6.07, 6.45) is 3.10. The average Bonchev–Trinajstić information content (AvgIpc) is 3.87. The second-order valence-corrected chi connectivity index (χ2v) is 16.6. The van der Waals surface area contributed by atoms with Gasteiger partial charge >= 0.3 is 0 Å². The third-order valence-electron chi connectivity index (χ3n) is 10.4. The number of hydrogen-bond donors (Lipinski definition) is 4. The van der Waals surface area contributed by atoms with E-state index in [1.807, 2.05) is 67.5 Å². The third-order valence-corrected chi connectivity index (χ3v) is 11.5. The maximum Gasteiger partial charge on any atom is 0.272 e. The van der Waals surface area contributed by atoms with Gasteiger partial charge in [-0.2, -0.15) is 0 Å². The number of benzene rings is 3. The van der Waals surface area contributed by atoms with Gasteiger partial charge in [-0.15, -0.1) is 11.3 Å². The predicted octanol–water partition coefficient (Wildman–Crippen LogP) is 6.30. The largest absolute Gasteiger partial charge is 0.493 e. The summed E-state index contributed by atoms with van der Waals surface area (Å²) in [7, 11) is 7.16. The van der Waals surface area contributed by atoms with Crippen molar-refractivity contribution in [3.05, 3.63) is 94.6 Å². The van der Waals surface area contributed by atoms with Crippen molar-refractivity contribution < 1.29 is 28.7 Å². The van der Waals surface area contributed by atoms with Crippen LogP contribution in [-0.2, 0) is 18.3 Å². The molecule has 13 nitrogen and oxygen atoms in total. The van der Waals surface area contributed by atoms with E-state index in [9.17, 15) is 19.2 Å². The second-order valence-electron chi connectivity index (χ2n) is 15.5. The quantitative estimate of drug-likeness (QED) is 0.0961. The van der Waals surface area contributed by atoms with E-state index in [2.05, 4.69) is 46.1 Å². The van der Waals surface area contributed by atoms with Crippen LogP contribution in [-0.4, -0.2) is 81.7 Å². The first kappa shape index (κ1) is 39.4. The molecule has 4 heterocycles. The molecule has 4 amide bonds. The molecule has 0 fully saturated rings. The highest BCUT2D eigenvalue weighted by molar-refractivity contribution is 7.20. The summed E-state index contributed by atoms with van der Waals surface area (Å²) in [4.78, 5) is 57.6. The predicted molar refractivity (Wildman–Crippen MR) is 226 cm³/mol. The van der Waals surface area contributed by atoms with Gasteiger partial charge in [-0.3, -0.25) is 19.2 Å². The van der Waals surface area contributed by atoms with Gasteiger partial charge in [0.1, 0.15) is 5.69 Å². The Balaban J connectivity index is 0.919. The second kappa shape index (κ2) is 16.3. The minimum Gasteiger partial charge on any atom is -0.493 e. The molecule has 0 bridgehead atoms. The number of aryl methyl sites for hydroxylation is 1. The van der Waals surface area contributed by atoms with Crippen molar-refractivity contribution in [2.75, 3.05) is 67.9 Å². The third kappa shape index (κ3) is 8.47. The minimum absolute atomic E-state index is 0.0278. The van der Waals surface area contributed by atoms with E-state index in [0.717, 1.165) is 34.4 Å². The van der Waals surface area contributed by atoms with Crippen molar-refractivity contribution in [2.24, 2.45) is 12.5 Å². The molecule has 57 heavy (non-hydrogen) atoms. The topological polar surface area (TPSA) is 146 Å². The van der Waals surface area contributed by atoms with Crippen LogP contribution in [0.1, 0.15) is 62.8 Å². The van der Waals surface area contributed by atoms with Crippen LogP contribution in [0.15, 0.2) is 72.9 Å². The number of thiophene rings is 1. The molecular formula is C43H49N7O6S. The lowest BCUT2D eigenvalue weighted by Crippen LogP contribution is -2.41. The fraction of sp³-hybridized carbons (Fsp3) is 0.349. The fourth-order valence-corrected chi connectivity index (χ4v) is 8.57. The first-order valence-corrected chi connectivity index (χ1v) is 19.9. The molecule has 2 aliphatic heterocycles. The number of aromatic nitrogens is 1. The highest BCUT2D eigenvalue weighted by Crippen LogP contribution is 2.42. The summed E-state index contributed by atoms with van der Waals surface area (Å²) in [5.41, 5.74) is 4.82. The molecule has 2 aromatic heterocycles. The Kier molecular flexibility index (Phi) is 11.3. The maximum atomic E-state index is 13.9. The van der Waals surface area contributed by atoms with Gasteiger partial charge < -0.3 is 45.1 Å². The van der Waals surface area contributed by atoms with Crippen LogP contribution in [0.4, 0.5) is 22.7 Å². The number of likely N-dealkylation sites (N-methyl/N-ethyl adjacent to an activating group) is 1. The Morgan fingerprint density at radius 2 is 1.72 bits per heavy atom. The molecule has 0 spiro atoms. The van der Waals surface area contributed by atoms with Crippen molar-refractivity contribution in [3.8, 4) is 11.5 Å². The summed E-state index contributed by atoms with van der Waals surface area (Å²) >= 11 is 1.41. The number of fused-ring (bicyclic) bond motifs is 5. The lowest BCUT2D eigenvalue weighted by molar-refractivity contribution is -0.116. The Bertz CT molecular complexity index is 2350. The highest BCUT2D eigenvalue weighted by atomic mass is 32.1. The van der Waals surface area contributed by atoms with Gasteiger partial charge in [-0.1, -0.05) is 32.0 Å². The zero-order chi connectivity index (χ0) is 40.4. The van der Waals surface area contributed by atoms with E-state index < -0.39 is 0 Å². The van der Waals surface area contributed by atoms with Crippen LogP contribution in [0, 0.1) is 5.41 Å². The maximum absolute atomic E-state index is 13.9. The average molecular weight is 792 g/mol. The van der Waals surface area contributed by atoms with Crippen LogP contribution in [0.2, 0.25) is 0 Å². The number of rotatable bonds is 14. The number of carbonyl (C=O) groups is 4. The van der Waals surface area contributed by atoms with Crippen LogP contribution < -0.4 is 40.5 Å². The van der Waals surface area contributed by atoms with Gasteiger partial charge in [0.25, 0.3) is 17.7 Å². The first-order chi connectivity index (χ1) is 27.3. The molecule has 3 aromatic carbocycles. The van der Waals surface area contributed by atoms with Crippen molar-refractivity contribution in [1.82, 2.24) is 15.2 Å². The van der Waals surface area contributed by atoms with Crippen LogP contribution >= 0.6 is 11.3 Å². The first-order valence-electron chi connectivity index (χ1n) is 19.1. The Hall–Kier alpha value is -5.86. The number of amides is 4. The van der Waals surface area contributed by atoms with Crippen molar-refractivity contribution >= 4 is 67.8 Å². The molecule has 0 radical (unpaired) electrons. The molecular weight excluding hydrogens is 743 g/mol. The molecule has 0 unspecified atom stereocenters. The zero-order valence-electron chi connectivity index (χ0n) is 33.2. The Morgan fingerprint density at radius 1 is 0.912 bits per heavy atom. The van der Waals surface area contributed by atoms with Crippen LogP contribution in [0.25, 0.3) is 10.1 Å².